The number of likely N-dealkylation sites (N-methyl/N-ethyl adjacent to an activating group) is 1. The van der Waals surface area contributed by atoms with Crippen LogP contribution in [0.5, 0.6) is 0 Å². The smallest absolute Gasteiger partial charge is 0.307 e. The molecule has 3 aromatic rings. The summed E-state index contributed by atoms with van der Waals surface area (Å²) in [5.74, 6) is 5.45. The van der Waals surface area contributed by atoms with E-state index >= 15 is 0 Å². The Morgan fingerprint density at radius 3 is 2.57 bits per heavy atom. The predicted molar refractivity (Wildman–Crippen MR) is 129 cm³/mol. The van der Waals surface area contributed by atoms with Gasteiger partial charge in [-0.15, -0.1) is 11.3 Å². The molecular formula is C25H24F3N5OS. The van der Waals surface area contributed by atoms with Gasteiger partial charge in [0.2, 0.25) is 0 Å². The van der Waals surface area contributed by atoms with Crippen LogP contribution in [0.25, 0.3) is 0 Å². The second kappa shape index (κ2) is 11.0. The molecule has 1 amide bonds. The zero-order valence-electron chi connectivity index (χ0n) is 19.1. The lowest BCUT2D eigenvalue weighted by Crippen LogP contribution is -2.45. The number of piperazine rings is 1. The van der Waals surface area contributed by atoms with E-state index in [1.165, 1.54) is 29.7 Å². The highest BCUT2D eigenvalue weighted by molar-refractivity contribution is 7.10. The summed E-state index contributed by atoms with van der Waals surface area (Å²) in [5.41, 5.74) is 1.57. The number of anilines is 1. The Morgan fingerprint density at radius 2 is 1.89 bits per heavy atom. The molecule has 0 saturated carbocycles. The second-order valence-corrected chi connectivity index (χ2v) is 8.97. The van der Waals surface area contributed by atoms with Crippen molar-refractivity contribution < 1.29 is 18.0 Å². The van der Waals surface area contributed by atoms with Gasteiger partial charge in [0.05, 0.1) is 22.1 Å². The first-order chi connectivity index (χ1) is 16.8. The molecule has 182 valence electrons. The molecule has 1 N–H and O–H groups in total. The van der Waals surface area contributed by atoms with E-state index in [0.29, 0.717) is 18.7 Å². The SMILES string of the molecule is CCN1CCN(Cc2ccc(C(=O)Nc3cc(C#Cc4cncs4)ccn3)cc2C(F)(F)F)CC1. The Balaban J connectivity index is 1.48. The van der Waals surface area contributed by atoms with E-state index < -0.39 is 17.6 Å². The molecular weight excluding hydrogens is 475 g/mol. The van der Waals surface area contributed by atoms with Crippen LogP contribution in [0.3, 0.4) is 0 Å². The fourth-order valence-corrected chi connectivity index (χ4v) is 4.27. The van der Waals surface area contributed by atoms with Crippen LogP contribution >= 0.6 is 11.3 Å². The van der Waals surface area contributed by atoms with Crippen LogP contribution in [0.15, 0.2) is 48.2 Å². The topological polar surface area (TPSA) is 61.4 Å². The Labute approximate surface area is 205 Å². The average molecular weight is 500 g/mol. The Morgan fingerprint density at radius 1 is 1.11 bits per heavy atom. The van der Waals surface area contributed by atoms with Gasteiger partial charge in [-0.25, -0.2) is 4.98 Å². The molecule has 1 aromatic carbocycles. The number of nitrogens with zero attached hydrogens (tertiary/aromatic N) is 4. The minimum atomic E-state index is -4.57. The lowest BCUT2D eigenvalue weighted by Gasteiger charge is -2.34. The number of rotatable bonds is 5. The van der Waals surface area contributed by atoms with E-state index in [2.05, 4.69) is 38.9 Å². The molecule has 35 heavy (non-hydrogen) atoms. The maximum absolute atomic E-state index is 13.9. The second-order valence-electron chi connectivity index (χ2n) is 8.08. The van der Waals surface area contributed by atoms with Crippen LogP contribution < -0.4 is 5.32 Å². The Kier molecular flexibility index (Phi) is 7.80. The number of nitrogens with one attached hydrogen (secondary N) is 1. The van der Waals surface area contributed by atoms with Crippen molar-refractivity contribution in [2.45, 2.75) is 19.6 Å². The number of thiazole rings is 1. The fourth-order valence-electron chi connectivity index (χ4n) is 3.80. The molecule has 1 aliphatic rings. The molecule has 10 heteroatoms. The normalized spacial score (nSPS) is 14.9. The maximum Gasteiger partial charge on any atom is 0.416 e. The van der Waals surface area contributed by atoms with Gasteiger partial charge in [-0.3, -0.25) is 14.7 Å². The van der Waals surface area contributed by atoms with E-state index in [1.54, 1.807) is 23.8 Å². The van der Waals surface area contributed by atoms with Crippen LogP contribution in [-0.4, -0.2) is 58.4 Å². The monoisotopic (exact) mass is 499 g/mol. The maximum atomic E-state index is 13.9. The van der Waals surface area contributed by atoms with E-state index in [4.69, 9.17) is 0 Å². The number of hydrogen-bond acceptors (Lipinski definition) is 6. The van der Waals surface area contributed by atoms with Crippen molar-refractivity contribution in [2.24, 2.45) is 0 Å². The largest absolute Gasteiger partial charge is 0.416 e. The van der Waals surface area contributed by atoms with Gasteiger partial charge in [-0.05, 0) is 42.3 Å². The summed E-state index contributed by atoms with van der Waals surface area (Å²) in [5, 5.41) is 2.57. The molecule has 0 aliphatic carbocycles. The number of carbonyl (C=O) groups excluding carboxylic acids is 1. The first-order valence-electron chi connectivity index (χ1n) is 11.1. The minimum Gasteiger partial charge on any atom is -0.307 e. The van der Waals surface area contributed by atoms with Gasteiger partial charge in [0.25, 0.3) is 5.91 Å². The number of carbonyl (C=O) groups is 1. The zero-order valence-corrected chi connectivity index (χ0v) is 19.9. The fraction of sp³-hybridized carbons (Fsp3) is 0.320. The van der Waals surface area contributed by atoms with Crippen molar-refractivity contribution in [3.05, 3.63) is 75.4 Å². The number of amides is 1. The third kappa shape index (κ3) is 6.66. The molecule has 2 aromatic heterocycles. The zero-order chi connectivity index (χ0) is 24.8. The molecule has 1 aliphatic heterocycles. The van der Waals surface area contributed by atoms with Gasteiger partial charge in [0, 0.05) is 50.0 Å². The number of halogens is 3. The molecule has 6 nitrogen and oxygen atoms in total. The number of aromatic nitrogens is 2. The van der Waals surface area contributed by atoms with E-state index in [0.717, 1.165) is 30.6 Å². The summed E-state index contributed by atoms with van der Waals surface area (Å²) in [4.78, 5) is 25.9. The van der Waals surface area contributed by atoms with Crippen LogP contribution in [0.4, 0.5) is 19.0 Å². The number of benzene rings is 1. The first kappa shape index (κ1) is 24.9. The highest BCUT2D eigenvalue weighted by Crippen LogP contribution is 2.33. The van der Waals surface area contributed by atoms with Crippen LogP contribution in [0, 0.1) is 11.8 Å². The van der Waals surface area contributed by atoms with Crippen molar-refractivity contribution >= 4 is 23.1 Å². The molecule has 1 fully saturated rings. The number of pyridine rings is 1. The Hall–Kier alpha value is -3.26. The van der Waals surface area contributed by atoms with Crippen LogP contribution in [0.1, 0.15) is 38.8 Å². The average Bonchev–Trinajstić information content (AvgIpc) is 3.37. The van der Waals surface area contributed by atoms with Gasteiger partial charge in [0.1, 0.15) is 5.82 Å². The molecule has 4 rings (SSSR count). The molecule has 0 atom stereocenters. The highest BCUT2D eigenvalue weighted by Gasteiger charge is 2.34. The third-order valence-corrected chi connectivity index (χ3v) is 6.44. The van der Waals surface area contributed by atoms with Crippen LogP contribution in [-0.2, 0) is 12.7 Å². The van der Waals surface area contributed by atoms with Crippen LogP contribution in [0.2, 0.25) is 0 Å². The Bertz CT molecular complexity index is 1230. The lowest BCUT2D eigenvalue weighted by atomic mass is 10.0. The van der Waals surface area contributed by atoms with E-state index in [1.807, 2.05) is 4.90 Å². The van der Waals surface area contributed by atoms with Gasteiger partial charge >= 0.3 is 6.18 Å². The van der Waals surface area contributed by atoms with Crippen molar-refractivity contribution in [1.29, 1.82) is 0 Å². The van der Waals surface area contributed by atoms with Gasteiger partial charge in [-0.2, -0.15) is 13.2 Å². The molecule has 0 radical (unpaired) electrons. The quantitative estimate of drug-likeness (QED) is 0.529. The lowest BCUT2D eigenvalue weighted by molar-refractivity contribution is -0.138. The minimum absolute atomic E-state index is 0.0835. The molecule has 3 heterocycles. The van der Waals surface area contributed by atoms with Crippen molar-refractivity contribution in [3.63, 3.8) is 0 Å². The predicted octanol–water partition coefficient (Wildman–Crippen LogP) is 4.35. The molecule has 0 unspecified atom stereocenters. The summed E-state index contributed by atoms with van der Waals surface area (Å²) < 4.78 is 41.6. The summed E-state index contributed by atoms with van der Waals surface area (Å²) in [6.07, 6.45) is -1.44. The first-order valence-corrected chi connectivity index (χ1v) is 12.0. The highest BCUT2D eigenvalue weighted by atomic mass is 32.1. The molecule has 0 bridgehead atoms. The van der Waals surface area contributed by atoms with Gasteiger partial charge in [-0.1, -0.05) is 18.9 Å². The summed E-state index contributed by atoms with van der Waals surface area (Å²) in [6, 6.07) is 6.99. The third-order valence-electron chi connectivity index (χ3n) is 5.75. The standard InChI is InChI=1S/C25H24F3N5OS/c1-2-32-9-11-33(12-10-32)16-20-5-4-19(14-22(20)25(26,27)28)24(34)31-23-13-18(7-8-30-23)3-6-21-15-29-17-35-21/h4-5,7-8,13-15,17H,2,9-12,16H2,1H3,(H,30,31,34). The van der Waals surface area contributed by atoms with Crippen molar-refractivity contribution in [1.82, 2.24) is 19.8 Å². The molecule has 0 spiro atoms. The van der Waals surface area contributed by atoms with Crippen molar-refractivity contribution in [3.8, 4) is 11.8 Å². The summed E-state index contributed by atoms with van der Waals surface area (Å²) in [6.45, 7) is 6.28. The number of alkyl halides is 3. The summed E-state index contributed by atoms with van der Waals surface area (Å²) in [7, 11) is 0. The van der Waals surface area contributed by atoms with E-state index in [-0.39, 0.29) is 23.5 Å². The van der Waals surface area contributed by atoms with Crippen molar-refractivity contribution in [2.75, 3.05) is 38.0 Å². The number of hydrogen-bond donors (Lipinski definition) is 1. The van der Waals surface area contributed by atoms with Gasteiger partial charge < -0.3 is 10.2 Å². The van der Waals surface area contributed by atoms with E-state index in [9.17, 15) is 18.0 Å². The summed E-state index contributed by atoms with van der Waals surface area (Å²) >= 11 is 1.40. The van der Waals surface area contributed by atoms with Gasteiger partial charge in [0.15, 0.2) is 0 Å². The molecule has 1 saturated heterocycles.